The summed E-state index contributed by atoms with van der Waals surface area (Å²) in [5.41, 5.74) is -0.0884. The summed E-state index contributed by atoms with van der Waals surface area (Å²) in [6.45, 7) is 13.4. The maximum absolute atomic E-state index is 5.57. The topological polar surface area (TPSA) is 24.6 Å². The second-order valence-corrected chi connectivity index (χ2v) is 4.34. The van der Waals surface area contributed by atoms with Crippen molar-refractivity contribution >= 4 is 0 Å². The van der Waals surface area contributed by atoms with Crippen LogP contribution in [0.1, 0.15) is 34.1 Å². The van der Waals surface area contributed by atoms with Crippen LogP contribution in [-0.4, -0.2) is 23.8 Å². The molecule has 0 bridgehead atoms. The lowest BCUT2D eigenvalue weighted by atomic mass is 9.83. The van der Waals surface area contributed by atoms with Gasteiger partial charge in [-0.05, 0) is 27.2 Å². The normalized spacial score (nSPS) is 31.5. The van der Waals surface area contributed by atoms with E-state index in [1.165, 1.54) is 0 Å². The SMILES string of the molecule is C=CC(C)(NC(C)C)C1(CC)CO1. The van der Waals surface area contributed by atoms with Crippen molar-refractivity contribution in [1.82, 2.24) is 5.32 Å². The molecule has 0 spiro atoms. The molecule has 1 heterocycles. The van der Waals surface area contributed by atoms with Gasteiger partial charge in [0.15, 0.2) is 0 Å². The van der Waals surface area contributed by atoms with Gasteiger partial charge in [-0.3, -0.25) is 0 Å². The van der Waals surface area contributed by atoms with Gasteiger partial charge in [0.05, 0.1) is 12.1 Å². The average molecular weight is 183 g/mol. The van der Waals surface area contributed by atoms with Crippen molar-refractivity contribution < 1.29 is 4.74 Å². The molecule has 0 aromatic carbocycles. The molecule has 2 unspecified atom stereocenters. The highest BCUT2D eigenvalue weighted by molar-refractivity contribution is 5.19. The molecule has 13 heavy (non-hydrogen) atoms. The van der Waals surface area contributed by atoms with Gasteiger partial charge in [-0.25, -0.2) is 0 Å². The minimum absolute atomic E-state index is 0.000972. The Morgan fingerprint density at radius 3 is 2.46 bits per heavy atom. The van der Waals surface area contributed by atoms with Gasteiger partial charge in [0.25, 0.3) is 0 Å². The van der Waals surface area contributed by atoms with Gasteiger partial charge in [0, 0.05) is 6.04 Å². The Morgan fingerprint density at radius 2 is 2.23 bits per heavy atom. The van der Waals surface area contributed by atoms with E-state index >= 15 is 0 Å². The van der Waals surface area contributed by atoms with Gasteiger partial charge in [0.2, 0.25) is 0 Å². The fourth-order valence-electron chi connectivity index (χ4n) is 1.93. The van der Waals surface area contributed by atoms with Crippen molar-refractivity contribution in [3.8, 4) is 0 Å². The molecular formula is C11H21NO. The summed E-state index contributed by atoms with van der Waals surface area (Å²) in [5, 5.41) is 3.52. The van der Waals surface area contributed by atoms with Crippen molar-refractivity contribution in [2.45, 2.75) is 51.3 Å². The van der Waals surface area contributed by atoms with E-state index < -0.39 is 0 Å². The number of hydrogen-bond donors (Lipinski definition) is 1. The van der Waals surface area contributed by atoms with Gasteiger partial charge < -0.3 is 10.1 Å². The van der Waals surface area contributed by atoms with E-state index in [0.29, 0.717) is 6.04 Å². The molecular weight excluding hydrogens is 162 g/mol. The molecule has 0 amide bonds. The zero-order valence-corrected chi connectivity index (χ0v) is 9.18. The number of epoxide rings is 1. The quantitative estimate of drug-likeness (QED) is 0.521. The van der Waals surface area contributed by atoms with Crippen molar-refractivity contribution in [1.29, 1.82) is 0 Å². The lowest BCUT2D eigenvalue weighted by molar-refractivity contribution is 0.180. The number of nitrogens with one attached hydrogen (secondary N) is 1. The van der Waals surface area contributed by atoms with Crippen LogP contribution < -0.4 is 5.32 Å². The molecule has 76 valence electrons. The van der Waals surface area contributed by atoms with E-state index in [9.17, 15) is 0 Å². The molecule has 1 fully saturated rings. The van der Waals surface area contributed by atoms with Crippen LogP contribution in [0.15, 0.2) is 12.7 Å². The number of rotatable bonds is 5. The molecule has 1 saturated heterocycles. The molecule has 1 aliphatic heterocycles. The van der Waals surface area contributed by atoms with Crippen molar-refractivity contribution in [3.05, 3.63) is 12.7 Å². The highest BCUT2D eigenvalue weighted by Gasteiger charge is 2.56. The van der Waals surface area contributed by atoms with Crippen LogP contribution in [0, 0.1) is 0 Å². The molecule has 1 aliphatic rings. The first-order chi connectivity index (χ1) is 5.99. The van der Waals surface area contributed by atoms with Crippen LogP contribution in [0.4, 0.5) is 0 Å². The van der Waals surface area contributed by atoms with Crippen LogP contribution >= 0.6 is 0 Å². The Balaban J connectivity index is 2.74. The highest BCUT2D eigenvalue weighted by Crippen LogP contribution is 2.42. The molecule has 1 N–H and O–H groups in total. The fourth-order valence-corrected chi connectivity index (χ4v) is 1.93. The average Bonchev–Trinajstić information content (AvgIpc) is 2.83. The largest absolute Gasteiger partial charge is 0.367 e. The Bertz CT molecular complexity index is 196. The highest BCUT2D eigenvalue weighted by atomic mass is 16.6. The van der Waals surface area contributed by atoms with Crippen molar-refractivity contribution in [2.24, 2.45) is 0 Å². The first kappa shape index (κ1) is 10.7. The van der Waals surface area contributed by atoms with Crippen LogP contribution in [0.2, 0.25) is 0 Å². The Kier molecular flexibility index (Phi) is 2.83. The van der Waals surface area contributed by atoms with Crippen molar-refractivity contribution in [2.75, 3.05) is 6.61 Å². The van der Waals surface area contributed by atoms with Crippen molar-refractivity contribution in [3.63, 3.8) is 0 Å². The molecule has 0 saturated carbocycles. The second kappa shape index (κ2) is 3.43. The summed E-state index contributed by atoms with van der Waals surface area (Å²) in [7, 11) is 0. The van der Waals surface area contributed by atoms with Gasteiger partial charge in [-0.2, -0.15) is 0 Å². The molecule has 0 radical (unpaired) electrons. The monoisotopic (exact) mass is 183 g/mol. The summed E-state index contributed by atoms with van der Waals surface area (Å²) in [6.07, 6.45) is 3.01. The lowest BCUT2D eigenvalue weighted by Gasteiger charge is -2.35. The van der Waals surface area contributed by atoms with Gasteiger partial charge in [0.1, 0.15) is 5.60 Å². The third-order valence-corrected chi connectivity index (χ3v) is 3.01. The maximum Gasteiger partial charge on any atom is 0.113 e. The van der Waals surface area contributed by atoms with E-state index in [1.54, 1.807) is 0 Å². The zero-order valence-electron chi connectivity index (χ0n) is 9.18. The van der Waals surface area contributed by atoms with Gasteiger partial charge in [-0.1, -0.05) is 13.0 Å². The summed E-state index contributed by atoms with van der Waals surface area (Å²) < 4.78 is 5.57. The predicted octanol–water partition coefficient (Wildman–Crippen LogP) is 2.11. The number of ether oxygens (including phenoxy) is 1. The second-order valence-electron chi connectivity index (χ2n) is 4.34. The first-order valence-electron chi connectivity index (χ1n) is 5.05. The Morgan fingerprint density at radius 1 is 1.69 bits per heavy atom. The van der Waals surface area contributed by atoms with Gasteiger partial charge >= 0.3 is 0 Å². The molecule has 2 atom stereocenters. The van der Waals surface area contributed by atoms with Gasteiger partial charge in [-0.15, -0.1) is 6.58 Å². The molecule has 2 heteroatoms. The lowest BCUT2D eigenvalue weighted by Crippen LogP contribution is -2.55. The smallest absolute Gasteiger partial charge is 0.113 e. The standard InChI is InChI=1S/C11H21NO/c1-6-10(5,12-9(3)4)11(7-2)8-13-11/h6,9,12H,1,7-8H2,2-5H3. The summed E-state index contributed by atoms with van der Waals surface area (Å²) in [6, 6.07) is 0.454. The van der Waals surface area contributed by atoms with Crippen LogP contribution in [0.5, 0.6) is 0 Å². The Labute approximate surface area is 81.4 Å². The molecule has 2 nitrogen and oxygen atoms in total. The summed E-state index contributed by atoms with van der Waals surface area (Å²) >= 11 is 0. The maximum atomic E-state index is 5.57. The molecule has 0 aromatic rings. The fraction of sp³-hybridized carbons (Fsp3) is 0.818. The van der Waals surface area contributed by atoms with Crippen LogP contribution in [0.25, 0.3) is 0 Å². The number of hydrogen-bond acceptors (Lipinski definition) is 2. The molecule has 1 rings (SSSR count). The predicted molar refractivity (Wildman–Crippen MR) is 55.8 cm³/mol. The molecule has 0 aliphatic carbocycles. The first-order valence-corrected chi connectivity index (χ1v) is 5.05. The zero-order chi connectivity index (χ0) is 10.1. The summed E-state index contributed by atoms with van der Waals surface area (Å²) in [4.78, 5) is 0. The third-order valence-electron chi connectivity index (χ3n) is 3.01. The van der Waals surface area contributed by atoms with E-state index in [-0.39, 0.29) is 11.1 Å². The summed E-state index contributed by atoms with van der Waals surface area (Å²) in [5.74, 6) is 0. The van der Waals surface area contributed by atoms with Crippen LogP contribution in [0.3, 0.4) is 0 Å². The van der Waals surface area contributed by atoms with E-state index in [4.69, 9.17) is 4.74 Å². The minimum atomic E-state index is -0.0874. The Hall–Kier alpha value is -0.340. The van der Waals surface area contributed by atoms with E-state index in [1.807, 2.05) is 6.08 Å². The van der Waals surface area contributed by atoms with E-state index in [0.717, 1.165) is 13.0 Å². The van der Waals surface area contributed by atoms with Crippen LogP contribution in [-0.2, 0) is 4.74 Å². The molecule has 0 aromatic heterocycles. The van der Waals surface area contributed by atoms with E-state index in [2.05, 4.69) is 39.6 Å². The minimum Gasteiger partial charge on any atom is -0.367 e. The third kappa shape index (κ3) is 1.79.